The van der Waals surface area contributed by atoms with E-state index in [2.05, 4.69) is 5.32 Å². The summed E-state index contributed by atoms with van der Waals surface area (Å²) in [5.41, 5.74) is 0.542. The van der Waals surface area contributed by atoms with Gasteiger partial charge in [-0.2, -0.15) is 0 Å². The van der Waals surface area contributed by atoms with E-state index in [0.29, 0.717) is 23.6 Å². The molecule has 2 atom stereocenters. The fourth-order valence-electron chi connectivity index (χ4n) is 3.04. The van der Waals surface area contributed by atoms with Crippen molar-refractivity contribution in [3.63, 3.8) is 0 Å². The Labute approximate surface area is 169 Å². The largest absolute Gasteiger partial charge is 0.457 e. The smallest absolute Gasteiger partial charge is 0.306 e. The quantitative estimate of drug-likeness (QED) is 0.695. The highest BCUT2D eigenvalue weighted by Gasteiger charge is 2.30. The van der Waals surface area contributed by atoms with Gasteiger partial charge in [0.25, 0.3) is 5.91 Å². The molecule has 0 radical (unpaired) electrons. The third-order valence-electron chi connectivity index (χ3n) is 4.56. The Balaban J connectivity index is 1.47. The number of rotatable bonds is 7. The second-order valence-corrected chi connectivity index (χ2v) is 9.26. The predicted octanol–water partition coefficient (Wildman–Crippen LogP) is 3.17. The topological polar surface area (TPSA) is 98.8 Å². The van der Waals surface area contributed by atoms with Crippen LogP contribution in [-0.4, -0.2) is 37.9 Å². The van der Waals surface area contributed by atoms with Crippen LogP contribution < -0.4 is 10.1 Å². The van der Waals surface area contributed by atoms with Crippen molar-refractivity contribution in [2.24, 2.45) is 5.92 Å². The summed E-state index contributed by atoms with van der Waals surface area (Å²) >= 11 is 0. The molecule has 8 heteroatoms. The lowest BCUT2D eigenvalue weighted by atomic mass is 10.1. The average Bonchev–Trinajstić information content (AvgIpc) is 3.02. The molecule has 29 heavy (non-hydrogen) atoms. The van der Waals surface area contributed by atoms with Gasteiger partial charge in [-0.05, 0) is 55.7 Å². The zero-order valence-corrected chi connectivity index (χ0v) is 16.9. The van der Waals surface area contributed by atoms with Crippen molar-refractivity contribution < 1.29 is 27.5 Å². The molecule has 0 aromatic heterocycles. The van der Waals surface area contributed by atoms with E-state index in [9.17, 15) is 18.0 Å². The van der Waals surface area contributed by atoms with E-state index in [4.69, 9.17) is 9.47 Å². The van der Waals surface area contributed by atoms with Crippen LogP contribution in [0.1, 0.15) is 19.8 Å². The van der Waals surface area contributed by atoms with Crippen molar-refractivity contribution in [1.82, 2.24) is 0 Å². The van der Waals surface area contributed by atoms with Gasteiger partial charge in [-0.15, -0.1) is 0 Å². The van der Waals surface area contributed by atoms with E-state index in [1.807, 2.05) is 30.3 Å². The lowest BCUT2D eigenvalue weighted by molar-refractivity contribution is -0.153. The number of ether oxygens (including phenoxy) is 2. The SMILES string of the molecule is C[C@@H](OC(=O)C[C@@H]1CCS(=O)(=O)C1)C(=O)Nc1ccc(Oc2ccccc2)cc1. The molecule has 0 spiro atoms. The summed E-state index contributed by atoms with van der Waals surface area (Å²) < 4.78 is 33.8. The van der Waals surface area contributed by atoms with Crippen LogP contribution in [-0.2, 0) is 24.2 Å². The average molecular weight is 417 g/mol. The number of sulfone groups is 1. The Morgan fingerprint density at radius 1 is 1.07 bits per heavy atom. The summed E-state index contributed by atoms with van der Waals surface area (Å²) in [5.74, 6) is 0.167. The maximum atomic E-state index is 12.2. The van der Waals surface area contributed by atoms with Crippen molar-refractivity contribution >= 4 is 27.4 Å². The first-order valence-electron chi connectivity index (χ1n) is 9.34. The standard InChI is InChI=1S/C21H23NO6S/c1-15(27-20(23)13-16-11-12-29(25,26)14-16)21(24)22-17-7-9-19(10-8-17)28-18-5-3-2-4-6-18/h2-10,15-16H,11-14H2,1H3,(H,22,24)/t15-,16+/m1/s1. The first kappa shape index (κ1) is 20.9. The van der Waals surface area contributed by atoms with Gasteiger partial charge in [-0.1, -0.05) is 18.2 Å². The first-order chi connectivity index (χ1) is 13.8. The van der Waals surface area contributed by atoms with Crippen LogP contribution in [0, 0.1) is 5.92 Å². The fraction of sp³-hybridized carbons (Fsp3) is 0.333. The molecule has 1 amide bonds. The predicted molar refractivity (Wildman–Crippen MR) is 109 cm³/mol. The molecule has 1 aliphatic heterocycles. The molecule has 2 aromatic rings. The van der Waals surface area contributed by atoms with Crippen molar-refractivity contribution in [1.29, 1.82) is 0 Å². The van der Waals surface area contributed by atoms with Gasteiger partial charge >= 0.3 is 5.97 Å². The number of carbonyl (C=O) groups excluding carboxylic acids is 2. The summed E-state index contributed by atoms with van der Waals surface area (Å²) in [4.78, 5) is 24.2. The van der Waals surface area contributed by atoms with Gasteiger partial charge in [0.2, 0.25) is 0 Å². The molecule has 2 aromatic carbocycles. The number of hydrogen-bond acceptors (Lipinski definition) is 6. The Morgan fingerprint density at radius 2 is 1.72 bits per heavy atom. The zero-order valence-electron chi connectivity index (χ0n) is 16.0. The van der Waals surface area contributed by atoms with Crippen molar-refractivity contribution in [3.8, 4) is 11.5 Å². The first-order valence-corrected chi connectivity index (χ1v) is 11.2. The normalized spacial score (nSPS) is 18.6. The molecule has 0 aliphatic carbocycles. The number of hydrogen-bond donors (Lipinski definition) is 1. The highest BCUT2D eigenvalue weighted by atomic mass is 32.2. The summed E-state index contributed by atoms with van der Waals surface area (Å²) in [5, 5.41) is 2.68. The van der Waals surface area contributed by atoms with Crippen LogP contribution in [0.15, 0.2) is 54.6 Å². The maximum Gasteiger partial charge on any atom is 0.306 e. The van der Waals surface area contributed by atoms with E-state index in [1.54, 1.807) is 24.3 Å². The number of esters is 1. The van der Waals surface area contributed by atoms with Crippen LogP contribution in [0.2, 0.25) is 0 Å². The van der Waals surface area contributed by atoms with Crippen LogP contribution in [0.3, 0.4) is 0 Å². The summed E-state index contributed by atoms with van der Waals surface area (Å²) in [6.07, 6.45) is -0.529. The molecular weight excluding hydrogens is 394 g/mol. The summed E-state index contributed by atoms with van der Waals surface area (Å²) in [6.45, 7) is 1.48. The number of anilines is 1. The lowest BCUT2D eigenvalue weighted by Crippen LogP contribution is -2.30. The number of para-hydroxylation sites is 1. The third-order valence-corrected chi connectivity index (χ3v) is 6.40. The molecule has 7 nitrogen and oxygen atoms in total. The summed E-state index contributed by atoms with van der Waals surface area (Å²) in [7, 11) is -3.05. The molecule has 1 heterocycles. The molecule has 0 saturated carbocycles. The number of carbonyl (C=O) groups is 2. The van der Waals surface area contributed by atoms with Gasteiger partial charge in [-0.25, -0.2) is 8.42 Å². The van der Waals surface area contributed by atoms with E-state index >= 15 is 0 Å². The second-order valence-electron chi connectivity index (χ2n) is 7.03. The van der Waals surface area contributed by atoms with Gasteiger partial charge in [0.1, 0.15) is 11.5 Å². The zero-order chi connectivity index (χ0) is 20.9. The Hall–Kier alpha value is -2.87. The van der Waals surface area contributed by atoms with Gasteiger partial charge in [0.05, 0.1) is 11.5 Å². The molecule has 0 bridgehead atoms. The van der Waals surface area contributed by atoms with Crippen molar-refractivity contribution in [2.45, 2.75) is 25.9 Å². The van der Waals surface area contributed by atoms with Crippen LogP contribution in [0.4, 0.5) is 5.69 Å². The molecule has 0 unspecified atom stereocenters. The summed E-state index contributed by atoms with van der Waals surface area (Å²) in [6, 6.07) is 16.1. The minimum absolute atomic E-state index is 0.0000779. The Bertz CT molecular complexity index is 956. The van der Waals surface area contributed by atoms with Crippen LogP contribution in [0.25, 0.3) is 0 Å². The molecular formula is C21H23NO6S. The molecule has 154 valence electrons. The van der Waals surface area contributed by atoms with E-state index in [-0.39, 0.29) is 23.8 Å². The Morgan fingerprint density at radius 3 is 2.34 bits per heavy atom. The fourth-order valence-corrected chi connectivity index (χ4v) is 4.90. The number of benzene rings is 2. The van der Waals surface area contributed by atoms with E-state index in [0.717, 1.165) is 0 Å². The van der Waals surface area contributed by atoms with Gasteiger partial charge < -0.3 is 14.8 Å². The molecule has 1 aliphatic rings. The van der Waals surface area contributed by atoms with Gasteiger partial charge in [0.15, 0.2) is 15.9 Å². The van der Waals surface area contributed by atoms with Crippen molar-refractivity contribution in [2.75, 3.05) is 16.8 Å². The van der Waals surface area contributed by atoms with Crippen LogP contribution >= 0.6 is 0 Å². The molecule has 1 saturated heterocycles. The van der Waals surface area contributed by atoms with E-state index in [1.165, 1.54) is 6.92 Å². The monoisotopic (exact) mass is 417 g/mol. The Kier molecular flexibility index (Phi) is 6.53. The van der Waals surface area contributed by atoms with Crippen LogP contribution in [0.5, 0.6) is 11.5 Å². The third kappa shape index (κ3) is 6.32. The van der Waals surface area contributed by atoms with Crippen molar-refractivity contribution in [3.05, 3.63) is 54.6 Å². The lowest BCUT2D eigenvalue weighted by Gasteiger charge is -2.15. The van der Waals surface area contributed by atoms with Gasteiger partial charge in [0, 0.05) is 12.1 Å². The minimum Gasteiger partial charge on any atom is -0.457 e. The van der Waals surface area contributed by atoms with Gasteiger partial charge in [-0.3, -0.25) is 9.59 Å². The highest BCUT2D eigenvalue weighted by Crippen LogP contribution is 2.24. The molecule has 1 fully saturated rings. The highest BCUT2D eigenvalue weighted by molar-refractivity contribution is 7.91. The minimum atomic E-state index is -3.05. The molecule has 1 N–H and O–H groups in total. The second kappa shape index (κ2) is 9.09. The maximum absolute atomic E-state index is 12.2. The number of amides is 1. The number of nitrogens with one attached hydrogen (secondary N) is 1. The molecule has 3 rings (SSSR count). The van der Waals surface area contributed by atoms with E-state index < -0.39 is 27.8 Å².